The fourth-order valence-electron chi connectivity index (χ4n) is 3.67. The number of ether oxygens (including phenoxy) is 1. The summed E-state index contributed by atoms with van der Waals surface area (Å²) in [5, 5.41) is 2.56. The summed E-state index contributed by atoms with van der Waals surface area (Å²) >= 11 is 1.51. The molecule has 2 aromatic heterocycles. The van der Waals surface area contributed by atoms with Gasteiger partial charge in [0.2, 0.25) is 0 Å². The number of imide groups is 1. The normalized spacial score (nSPS) is 18.1. The van der Waals surface area contributed by atoms with Crippen LogP contribution in [0.4, 0.5) is 4.79 Å². The lowest BCUT2D eigenvalue weighted by molar-refractivity contribution is -0.145. The van der Waals surface area contributed by atoms with Gasteiger partial charge in [-0.1, -0.05) is 0 Å². The summed E-state index contributed by atoms with van der Waals surface area (Å²) < 4.78 is 6.86. The third-order valence-corrected chi connectivity index (χ3v) is 6.32. The zero-order valence-electron chi connectivity index (χ0n) is 16.3. The molecule has 1 saturated heterocycles. The first-order valence-electron chi connectivity index (χ1n) is 9.59. The maximum atomic E-state index is 12.5. The highest BCUT2D eigenvalue weighted by molar-refractivity contribution is 7.17. The summed E-state index contributed by atoms with van der Waals surface area (Å²) in [6.45, 7) is 3.03. The minimum atomic E-state index is -0.970. The van der Waals surface area contributed by atoms with Crippen LogP contribution in [0.1, 0.15) is 49.4 Å². The van der Waals surface area contributed by atoms with E-state index in [0.29, 0.717) is 10.7 Å². The second kappa shape index (κ2) is 7.25. The number of hydrogen-bond acceptors (Lipinski definition) is 7. The number of rotatable bonds is 5. The fourth-order valence-corrected chi connectivity index (χ4v) is 4.90. The van der Waals surface area contributed by atoms with Crippen molar-refractivity contribution in [2.45, 2.75) is 58.1 Å². The van der Waals surface area contributed by atoms with Gasteiger partial charge in [-0.3, -0.25) is 23.7 Å². The molecule has 10 heteroatoms. The molecular formula is C19H22N4O5S. The number of carbonyl (C=O) groups excluding carboxylic acids is 3. The number of esters is 1. The Morgan fingerprint density at radius 1 is 1.28 bits per heavy atom. The van der Waals surface area contributed by atoms with E-state index in [1.807, 2.05) is 0 Å². The van der Waals surface area contributed by atoms with Crippen LogP contribution in [0, 0.1) is 0 Å². The molecule has 0 aromatic carbocycles. The largest absolute Gasteiger partial charge is 0.459 e. The van der Waals surface area contributed by atoms with Crippen LogP contribution in [0.25, 0.3) is 4.96 Å². The van der Waals surface area contributed by atoms with Gasteiger partial charge >= 0.3 is 12.0 Å². The van der Waals surface area contributed by atoms with Crippen molar-refractivity contribution in [3.05, 3.63) is 32.7 Å². The van der Waals surface area contributed by atoms with Gasteiger partial charge in [-0.15, -0.1) is 11.3 Å². The monoisotopic (exact) mass is 418 g/mol. The zero-order chi connectivity index (χ0) is 20.8. The van der Waals surface area contributed by atoms with Gasteiger partial charge < -0.3 is 10.1 Å². The standard InChI is InChI=1S/C19H22N4O5S/c1-19(2)16(26)22(17(27)21-19)8-7-15(25)28-10-11-9-14(24)23-12-5-3-4-6-13(12)29-18(23)20-11/h9H,3-8,10H2,1-2H3,(H,21,27). The average molecular weight is 418 g/mol. The van der Waals surface area contributed by atoms with Gasteiger partial charge in [-0.25, -0.2) is 9.78 Å². The molecule has 9 nitrogen and oxygen atoms in total. The van der Waals surface area contributed by atoms with Crippen molar-refractivity contribution < 1.29 is 19.1 Å². The molecule has 3 amide bonds. The first-order chi connectivity index (χ1) is 13.8. The number of carbonyl (C=O) groups is 3. The van der Waals surface area contributed by atoms with Crippen LogP contribution >= 0.6 is 11.3 Å². The Kier molecular flexibility index (Phi) is 4.89. The zero-order valence-corrected chi connectivity index (χ0v) is 17.1. The first kappa shape index (κ1) is 19.6. The van der Waals surface area contributed by atoms with Crippen molar-refractivity contribution in [2.75, 3.05) is 6.54 Å². The number of nitrogens with one attached hydrogen (secondary N) is 1. The van der Waals surface area contributed by atoms with E-state index in [-0.39, 0.29) is 31.0 Å². The van der Waals surface area contributed by atoms with E-state index in [4.69, 9.17) is 4.74 Å². The summed E-state index contributed by atoms with van der Waals surface area (Å²) in [5.41, 5.74) is 0.302. The molecule has 1 aliphatic carbocycles. The number of amides is 3. The maximum Gasteiger partial charge on any atom is 0.325 e. The van der Waals surface area contributed by atoms with Crippen molar-refractivity contribution >= 4 is 34.2 Å². The summed E-state index contributed by atoms with van der Waals surface area (Å²) in [6.07, 6.45) is 3.91. The van der Waals surface area contributed by atoms with Gasteiger partial charge in [0.05, 0.1) is 12.1 Å². The highest BCUT2D eigenvalue weighted by atomic mass is 32.1. The van der Waals surface area contributed by atoms with Gasteiger partial charge in [-0.05, 0) is 39.5 Å². The molecule has 0 bridgehead atoms. The van der Waals surface area contributed by atoms with Crippen LogP contribution < -0.4 is 10.9 Å². The number of urea groups is 1. The van der Waals surface area contributed by atoms with Gasteiger partial charge in [0.25, 0.3) is 11.5 Å². The minimum absolute atomic E-state index is 0.0559. The van der Waals surface area contributed by atoms with Gasteiger partial charge in [0.1, 0.15) is 12.1 Å². The third-order valence-electron chi connectivity index (χ3n) is 5.18. The Hall–Kier alpha value is -2.75. The van der Waals surface area contributed by atoms with E-state index < -0.39 is 17.5 Å². The average Bonchev–Trinajstić information content (AvgIpc) is 3.13. The quantitative estimate of drug-likeness (QED) is 0.581. The smallest absolute Gasteiger partial charge is 0.325 e. The predicted octanol–water partition coefficient (Wildman–Crippen LogP) is 1.40. The van der Waals surface area contributed by atoms with E-state index in [1.54, 1.807) is 18.2 Å². The number of nitrogens with zero attached hydrogens (tertiary/aromatic N) is 3. The molecule has 1 fully saturated rings. The van der Waals surface area contributed by atoms with Crippen LogP contribution in [0.3, 0.4) is 0 Å². The minimum Gasteiger partial charge on any atom is -0.459 e. The Bertz CT molecular complexity index is 1070. The lowest BCUT2D eigenvalue weighted by atomic mass is 10.0. The number of thiazole rings is 1. The molecule has 0 radical (unpaired) electrons. The Balaban J connectivity index is 1.38. The van der Waals surface area contributed by atoms with E-state index >= 15 is 0 Å². The van der Waals surface area contributed by atoms with Gasteiger partial charge in [-0.2, -0.15) is 0 Å². The molecule has 0 atom stereocenters. The number of fused-ring (bicyclic) bond motifs is 3. The lowest BCUT2D eigenvalue weighted by Gasteiger charge is -2.15. The summed E-state index contributed by atoms with van der Waals surface area (Å²) in [4.78, 5) is 55.8. The topological polar surface area (TPSA) is 110 Å². The molecular weight excluding hydrogens is 396 g/mol. The van der Waals surface area contributed by atoms with E-state index in [2.05, 4.69) is 10.3 Å². The summed E-state index contributed by atoms with van der Waals surface area (Å²) in [6, 6.07) is 0.872. The molecule has 154 valence electrons. The van der Waals surface area contributed by atoms with E-state index in [0.717, 1.165) is 36.3 Å². The number of hydrogen-bond donors (Lipinski definition) is 1. The van der Waals surface area contributed by atoms with Crippen LogP contribution in [0.2, 0.25) is 0 Å². The molecule has 2 aromatic rings. The summed E-state index contributed by atoms with van der Waals surface area (Å²) in [7, 11) is 0. The van der Waals surface area contributed by atoms with E-state index in [9.17, 15) is 19.2 Å². The Labute approximate surface area is 170 Å². The molecule has 4 rings (SSSR count). The second-order valence-corrected chi connectivity index (χ2v) is 8.87. The first-order valence-corrected chi connectivity index (χ1v) is 10.4. The van der Waals surface area contributed by atoms with Crippen LogP contribution in [0.15, 0.2) is 10.9 Å². The second-order valence-electron chi connectivity index (χ2n) is 7.81. The fraction of sp³-hybridized carbons (Fsp3) is 0.526. The lowest BCUT2D eigenvalue weighted by Crippen LogP contribution is -2.40. The maximum absolute atomic E-state index is 12.5. The Morgan fingerprint density at radius 3 is 2.76 bits per heavy atom. The molecule has 1 N–H and O–H groups in total. The summed E-state index contributed by atoms with van der Waals surface area (Å²) in [5.74, 6) is -0.945. The number of aryl methyl sites for hydroxylation is 2. The Morgan fingerprint density at radius 2 is 2.03 bits per heavy atom. The molecule has 3 heterocycles. The SMILES string of the molecule is CC1(C)NC(=O)N(CCC(=O)OCc2cc(=O)n3c4c(sc3n2)CCCC4)C1=O. The molecule has 0 unspecified atom stereocenters. The molecule has 2 aliphatic rings. The van der Waals surface area contributed by atoms with Crippen molar-refractivity contribution in [1.82, 2.24) is 19.6 Å². The molecule has 29 heavy (non-hydrogen) atoms. The molecule has 0 spiro atoms. The third kappa shape index (κ3) is 3.64. The highest BCUT2D eigenvalue weighted by Gasteiger charge is 2.44. The van der Waals surface area contributed by atoms with E-state index in [1.165, 1.54) is 22.3 Å². The van der Waals surface area contributed by atoms with Gasteiger partial charge in [0.15, 0.2) is 4.96 Å². The van der Waals surface area contributed by atoms with Crippen molar-refractivity contribution in [1.29, 1.82) is 0 Å². The molecule has 1 aliphatic heterocycles. The van der Waals surface area contributed by atoms with Gasteiger partial charge in [0, 0.05) is 23.2 Å². The highest BCUT2D eigenvalue weighted by Crippen LogP contribution is 2.28. The van der Waals surface area contributed by atoms with Crippen LogP contribution in [-0.4, -0.2) is 44.3 Å². The van der Waals surface area contributed by atoms with Crippen molar-refractivity contribution in [2.24, 2.45) is 0 Å². The van der Waals surface area contributed by atoms with Crippen molar-refractivity contribution in [3.63, 3.8) is 0 Å². The number of aromatic nitrogens is 2. The predicted molar refractivity (Wildman–Crippen MR) is 105 cm³/mol. The van der Waals surface area contributed by atoms with Crippen molar-refractivity contribution in [3.8, 4) is 0 Å². The molecule has 0 saturated carbocycles. The van der Waals surface area contributed by atoms with Crippen LogP contribution in [-0.2, 0) is 33.8 Å². The van der Waals surface area contributed by atoms with Crippen LogP contribution in [0.5, 0.6) is 0 Å².